The number of rotatable bonds is 6. The van der Waals surface area contributed by atoms with E-state index in [0.717, 1.165) is 0 Å². The molecule has 8 nitrogen and oxygen atoms in total. The van der Waals surface area contributed by atoms with Gasteiger partial charge in [-0.2, -0.15) is 0 Å². The number of para-hydroxylation sites is 1. The highest BCUT2D eigenvalue weighted by molar-refractivity contribution is 6.11. The number of carboxylic acids is 1. The summed E-state index contributed by atoms with van der Waals surface area (Å²) in [6.07, 6.45) is 1.32. The first-order chi connectivity index (χ1) is 14.0. The molecule has 148 valence electrons. The van der Waals surface area contributed by atoms with Crippen molar-refractivity contribution in [1.29, 1.82) is 0 Å². The molecule has 1 aromatic heterocycles. The molecule has 0 aliphatic heterocycles. The molecule has 3 aromatic rings. The summed E-state index contributed by atoms with van der Waals surface area (Å²) >= 11 is 0. The van der Waals surface area contributed by atoms with Crippen molar-refractivity contribution < 1.29 is 29.0 Å². The van der Waals surface area contributed by atoms with Gasteiger partial charge in [-0.15, -0.1) is 0 Å². The number of aromatic nitrogens is 1. The molecule has 3 rings (SSSR count). The summed E-state index contributed by atoms with van der Waals surface area (Å²) < 4.78 is 9.92. The van der Waals surface area contributed by atoms with Crippen LogP contribution in [-0.2, 0) is 9.47 Å². The number of fused-ring (bicyclic) bond motifs is 1. The zero-order valence-electron chi connectivity index (χ0n) is 15.8. The molecule has 1 heterocycles. The van der Waals surface area contributed by atoms with E-state index in [1.165, 1.54) is 25.4 Å². The fraction of sp³-hybridized carbons (Fsp3) is 0.143. The smallest absolute Gasteiger partial charge is 0.341 e. The van der Waals surface area contributed by atoms with Crippen LogP contribution in [-0.4, -0.2) is 41.7 Å². The van der Waals surface area contributed by atoms with E-state index in [0.29, 0.717) is 22.3 Å². The molecule has 8 heteroatoms. The highest BCUT2D eigenvalue weighted by Crippen LogP contribution is 2.31. The van der Waals surface area contributed by atoms with Crippen molar-refractivity contribution in [3.05, 3.63) is 65.4 Å². The molecule has 0 fully saturated rings. The molecule has 0 amide bonds. The highest BCUT2D eigenvalue weighted by atomic mass is 16.5. The van der Waals surface area contributed by atoms with Gasteiger partial charge < -0.3 is 19.9 Å². The molecular weight excluding hydrogens is 376 g/mol. The molecule has 2 N–H and O–H groups in total. The number of nitrogens with zero attached hydrogens (tertiary/aromatic N) is 1. The number of aromatic carboxylic acids is 1. The second-order valence-electron chi connectivity index (χ2n) is 5.97. The summed E-state index contributed by atoms with van der Waals surface area (Å²) in [6, 6.07) is 11.1. The lowest BCUT2D eigenvalue weighted by atomic mass is 10.0. The Kier molecular flexibility index (Phi) is 5.73. The minimum Gasteiger partial charge on any atom is -0.478 e. The summed E-state index contributed by atoms with van der Waals surface area (Å²) in [5, 5.41) is 12.8. The molecule has 0 radical (unpaired) electrons. The summed E-state index contributed by atoms with van der Waals surface area (Å²) in [6.45, 7) is 1.86. The van der Waals surface area contributed by atoms with Gasteiger partial charge >= 0.3 is 17.9 Å². The lowest BCUT2D eigenvalue weighted by Gasteiger charge is -2.15. The van der Waals surface area contributed by atoms with Crippen LogP contribution in [0.4, 0.5) is 11.4 Å². The standard InChI is InChI=1S/C21H18N2O6/c1-3-29-21(27)16-11-22-17-14(8-5-9-15(17)20(26)28-2)18(16)23-13-7-4-6-12(10-13)19(24)25/h4-11H,3H2,1-2H3,(H,22,23)(H,24,25). The normalized spacial score (nSPS) is 10.4. The minimum absolute atomic E-state index is 0.0845. The molecule has 0 aliphatic rings. The van der Waals surface area contributed by atoms with Gasteiger partial charge in [0.15, 0.2) is 0 Å². The Morgan fingerprint density at radius 1 is 1.07 bits per heavy atom. The summed E-state index contributed by atoms with van der Waals surface area (Å²) in [5.74, 6) is -2.24. The molecule has 2 aromatic carbocycles. The predicted octanol–water partition coefficient (Wildman–Crippen LogP) is 3.64. The largest absolute Gasteiger partial charge is 0.478 e. The van der Waals surface area contributed by atoms with Gasteiger partial charge in [-0.1, -0.05) is 18.2 Å². The Bertz CT molecular complexity index is 1110. The second kappa shape index (κ2) is 8.39. The average molecular weight is 394 g/mol. The average Bonchev–Trinajstić information content (AvgIpc) is 2.73. The molecule has 0 aliphatic carbocycles. The molecule has 0 atom stereocenters. The van der Waals surface area contributed by atoms with Crippen molar-refractivity contribution in [2.24, 2.45) is 0 Å². The van der Waals surface area contributed by atoms with Crippen LogP contribution < -0.4 is 5.32 Å². The third-order valence-corrected chi connectivity index (χ3v) is 4.18. The van der Waals surface area contributed by atoms with Crippen molar-refractivity contribution in [2.45, 2.75) is 6.92 Å². The molecule has 0 saturated heterocycles. The fourth-order valence-corrected chi connectivity index (χ4v) is 2.87. The van der Waals surface area contributed by atoms with Crippen LogP contribution in [0.1, 0.15) is 38.0 Å². The van der Waals surface area contributed by atoms with Crippen molar-refractivity contribution in [3.8, 4) is 0 Å². The van der Waals surface area contributed by atoms with Crippen LogP contribution in [0.3, 0.4) is 0 Å². The number of carbonyl (C=O) groups excluding carboxylic acids is 2. The second-order valence-corrected chi connectivity index (χ2v) is 5.97. The van der Waals surface area contributed by atoms with Crippen molar-refractivity contribution >= 4 is 40.2 Å². The number of methoxy groups -OCH3 is 1. The van der Waals surface area contributed by atoms with Crippen LogP contribution in [0.2, 0.25) is 0 Å². The fourth-order valence-electron chi connectivity index (χ4n) is 2.87. The summed E-state index contributed by atoms with van der Waals surface area (Å²) in [4.78, 5) is 40.1. The summed E-state index contributed by atoms with van der Waals surface area (Å²) in [7, 11) is 1.27. The van der Waals surface area contributed by atoms with Crippen LogP contribution in [0.15, 0.2) is 48.7 Å². The molecule has 0 saturated carbocycles. The molecule has 0 unspecified atom stereocenters. The minimum atomic E-state index is -1.08. The van der Waals surface area contributed by atoms with Gasteiger partial charge in [0, 0.05) is 17.3 Å². The SMILES string of the molecule is CCOC(=O)c1cnc2c(C(=O)OC)cccc2c1Nc1cccc(C(=O)O)c1. The van der Waals surface area contributed by atoms with Gasteiger partial charge in [-0.3, -0.25) is 4.98 Å². The van der Waals surface area contributed by atoms with Crippen molar-refractivity contribution in [1.82, 2.24) is 4.98 Å². The van der Waals surface area contributed by atoms with Crippen LogP contribution >= 0.6 is 0 Å². The zero-order chi connectivity index (χ0) is 21.0. The van der Waals surface area contributed by atoms with E-state index in [-0.39, 0.29) is 23.3 Å². The molecule has 0 spiro atoms. The topological polar surface area (TPSA) is 115 Å². The highest BCUT2D eigenvalue weighted by Gasteiger charge is 2.20. The number of hydrogen-bond acceptors (Lipinski definition) is 7. The van der Waals surface area contributed by atoms with Gasteiger partial charge in [0.05, 0.1) is 36.0 Å². The maximum absolute atomic E-state index is 12.5. The van der Waals surface area contributed by atoms with Crippen LogP contribution in [0.25, 0.3) is 10.9 Å². The van der Waals surface area contributed by atoms with E-state index in [4.69, 9.17) is 9.47 Å². The number of carboxylic acid groups (broad SMARTS) is 1. The number of ether oxygens (including phenoxy) is 2. The number of nitrogens with one attached hydrogen (secondary N) is 1. The third kappa shape index (κ3) is 4.01. The Balaban J connectivity index is 2.21. The monoisotopic (exact) mass is 394 g/mol. The number of hydrogen-bond donors (Lipinski definition) is 2. The van der Waals surface area contributed by atoms with Gasteiger partial charge in [0.2, 0.25) is 0 Å². The van der Waals surface area contributed by atoms with Gasteiger partial charge in [0.1, 0.15) is 5.56 Å². The Morgan fingerprint density at radius 3 is 2.52 bits per heavy atom. The van der Waals surface area contributed by atoms with Crippen molar-refractivity contribution in [2.75, 3.05) is 19.0 Å². The van der Waals surface area contributed by atoms with E-state index in [1.54, 1.807) is 37.3 Å². The lowest BCUT2D eigenvalue weighted by Crippen LogP contribution is -2.11. The Labute approximate surface area is 166 Å². The van der Waals surface area contributed by atoms with Gasteiger partial charge in [0.25, 0.3) is 0 Å². The first kappa shape index (κ1) is 19.8. The number of carbonyl (C=O) groups is 3. The maximum Gasteiger partial charge on any atom is 0.341 e. The quantitative estimate of drug-likeness (QED) is 0.609. The number of pyridine rings is 1. The molecule has 29 heavy (non-hydrogen) atoms. The number of benzene rings is 2. The van der Waals surface area contributed by atoms with Gasteiger partial charge in [-0.05, 0) is 31.2 Å². The third-order valence-electron chi connectivity index (χ3n) is 4.18. The van der Waals surface area contributed by atoms with E-state index in [1.807, 2.05) is 0 Å². The number of anilines is 2. The zero-order valence-corrected chi connectivity index (χ0v) is 15.8. The lowest BCUT2D eigenvalue weighted by molar-refractivity contribution is 0.0526. The van der Waals surface area contributed by atoms with E-state index < -0.39 is 17.9 Å². The van der Waals surface area contributed by atoms with Crippen LogP contribution in [0, 0.1) is 0 Å². The van der Waals surface area contributed by atoms with Crippen molar-refractivity contribution in [3.63, 3.8) is 0 Å². The first-order valence-corrected chi connectivity index (χ1v) is 8.73. The molecule has 0 bridgehead atoms. The van der Waals surface area contributed by atoms with E-state index in [9.17, 15) is 19.5 Å². The predicted molar refractivity (Wildman–Crippen MR) is 106 cm³/mol. The Morgan fingerprint density at radius 2 is 1.83 bits per heavy atom. The van der Waals surface area contributed by atoms with E-state index in [2.05, 4.69) is 10.3 Å². The van der Waals surface area contributed by atoms with Crippen LogP contribution in [0.5, 0.6) is 0 Å². The first-order valence-electron chi connectivity index (χ1n) is 8.73. The summed E-state index contributed by atoms with van der Waals surface area (Å²) in [5.41, 5.74) is 1.61. The molecular formula is C21H18N2O6. The van der Waals surface area contributed by atoms with Gasteiger partial charge in [-0.25, -0.2) is 14.4 Å². The number of esters is 2. The Hall–Kier alpha value is -3.94. The maximum atomic E-state index is 12.5. The van der Waals surface area contributed by atoms with E-state index >= 15 is 0 Å².